The second-order valence-electron chi connectivity index (χ2n) is 4.24. The third-order valence-electron chi connectivity index (χ3n) is 1.79. The van der Waals surface area contributed by atoms with E-state index in [2.05, 4.69) is 4.40 Å². The predicted molar refractivity (Wildman–Crippen MR) is 66.9 cm³/mol. The summed E-state index contributed by atoms with van der Waals surface area (Å²) >= 11 is 4.21. The van der Waals surface area contributed by atoms with Crippen molar-refractivity contribution in [1.29, 1.82) is 0 Å². The SMILES string of the molecule is CC(C)(C)[S@+]([O-])N=Cc1cccc(Cl)c1F. The minimum Gasteiger partial charge on any atom is -0.591 e. The number of rotatable bonds is 2. The molecule has 0 radical (unpaired) electrons. The van der Waals surface area contributed by atoms with E-state index in [9.17, 15) is 8.94 Å². The van der Waals surface area contributed by atoms with Gasteiger partial charge in [-0.15, -0.1) is 0 Å². The summed E-state index contributed by atoms with van der Waals surface area (Å²) < 4.78 is 28.4. The molecule has 0 aromatic heterocycles. The van der Waals surface area contributed by atoms with Gasteiger partial charge in [-0.05, 0) is 26.8 Å². The van der Waals surface area contributed by atoms with Gasteiger partial charge in [0.1, 0.15) is 16.1 Å². The van der Waals surface area contributed by atoms with Crippen LogP contribution in [0.15, 0.2) is 22.6 Å². The van der Waals surface area contributed by atoms with E-state index in [1.165, 1.54) is 18.3 Å². The largest absolute Gasteiger partial charge is 0.591 e. The lowest BCUT2D eigenvalue weighted by Crippen LogP contribution is -2.25. The minimum absolute atomic E-state index is 0.0329. The molecule has 0 saturated heterocycles. The summed E-state index contributed by atoms with van der Waals surface area (Å²) in [5.41, 5.74) is 0.241. The predicted octanol–water partition coefficient (Wildman–Crippen LogP) is 3.36. The molecule has 2 nitrogen and oxygen atoms in total. The molecular weight excluding hydrogens is 249 g/mol. The number of benzene rings is 1. The molecule has 1 rings (SSSR count). The first kappa shape index (κ1) is 13.5. The zero-order chi connectivity index (χ0) is 12.3. The molecule has 0 bridgehead atoms. The number of halogens is 2. The van der Waals surface area contributed by atoms with Crippen LogP contribution in [0, 0.1) is 5.82 Å². The molecule has 0 unspecified atom stereocenters. The van der Waals surface area contributed by atoms with Gasteiger partial charge in [0, 0.05) is 5.56 Å². The van der Waals surface area contributed by atoms with Crippen molar-refractivity contribution in [1.82, 2.24) is 0 Å². The topological polar surface area (TPSA) is 35.4 Å². The van der Waals surface area contributed by atoms with Crippen molar-refractivity contribution < 1.29 is 8.94 Å². The summed E-state index contributed by atoms with van der Waals surface area (Å²) in [6, 6.07) is 4.60. The molecule has 0 saturated carbocycles. The van der Waals surface area contributed by atoms with Gasteiger partial charge in [-0.1, -0.05) is 28.1 Å². The Morgan fingerprint density at radius 2 is 2.06 bits per heavy atom. The normalized spacial score (nSPS) is 14.4. The molecular formula is C11H13ClFNOS. The van der Waals surface area contributed by atoms with Gasteiger partial charge in [0.15, 0.2) is 5.82 Å². The third kappa shape index (κ3) is 3.47. The van der Waals surface area contributed by atoms with Crippen LogP contribution in [0.1, 0.15) is 26.3 Å². The molecule has 1 aromatic rings. The summed E-state index contributed by atoms with van der Waals surface area (Å²) in [4.78, 5) is 0. The molecule has 1 atom stereocenters. The smallest absolute Gasteiger partial charge is 0.150 e. The molecule has 0 fully saturated rings. The highest BCUT2D eigenvalue weighted by Gasteiger charge is 2.25. The first-order valence-electron chi connectivity index (χ1n) is 4.72. The first-order chi connectivity index (χ1) is 7.32. The van der Waals surface area contributed by atoms with Crippen LogP contribution in [-0.2, 0) is 11.4 Å². The highest BCUT2D eigenvalue weighted by Crippen LogP contribution is 2.19. The van der Waals surface area contributed by atoms with Gasteiger partial charge in [0.25, 0.3) is 0 Å². The molecule has 88 valence electrons. The molecule has 0 aliphatic carbocycles. The fraction of sp³-hybridized carbons (Fsp3) is 0.364. The van der Waals surface area contributed by atoms with Crippen molar-refractivity contribution in [2.75, 3.05) is 0 Å². The van der Waals surface area contributed by atoms with E-state index < -0.39 is 21.9 Å². The van der Waals surface area contributed by atoms with Crippen molar-refractivity contribution in [3.8, 4) is 0 Å². The van der Waals surface area contributed by atoms with Gasteiger partial charge in [-0.25, -0.2) is 4.39 Å². The Hall–Kier alpha value is -0.580. The van der Waals surface area contributed by atoms with E-state index in [0.29, 0.717) is 0 Å². The zero-order valence-corrected chi connectivity index (χ0v) is 10.9. The van der Waals surface area contributed by atoms with Crippen LogP contribution >= 0.6 is 11.6 Å². The molecule has 5 heteroatoms. The summed E-state index contributed by atoms with van der Waals surface area (Å²) in [7, 11) is 0. The minimum atomic E-state index is -1.39. The number of hydrogen-bond acceptors (Lipinski definition) is 2. The molecule has 0 heterocycles. The van der Waals surface area contributed by atoms with Gasteiger partial charge in [-0.2, -0.15) is 0 Å². The highest BCUT2D eigenvalue weighted by molar-refractivity contribution is 7.91. The average molecular weight is 262 g/mol. The lowest BCUT2D eigenvalue weighted by molar-refractivity contribution is 0.561. The van der Waals surface area contributed by atoms with Crippen molar-refractivity contribution >= 4 is 29.2 Å². The Kier molecular flexibility index (Phi) is 4.35. The van der Waals surface area contributed by atoms with Gasteiger partial charge in [-0.3, -0.25) is 0 Å². The number of hydrogen-bond donors (Lipinski definition) is 0. The Morgan fingerprint density at radius 1 is 1.44 bits per heavy atom. The first-order valence-corrected chi connectivity index (χ1v) is 6.21. The quantitative estimate of drug-likeness (QED) is 0.594. The molecule has 0 N–H and O–H groups in total. The summed E-state index contributed by atoms with van der Waals surface area (Å²) in [6.07, 6.45) is 1.25. The van der Waals surface area contributed by atoms with E-state index >= 15 is 0 Å². The van der Waals surface area contributed by atoms with Gasteiger partial charge < -0.3 is 4.55 Å². The Bertz CT molecular complexity index is 403. The van der Waals surface area contributed by atoms with E-state index in [0.717, 1.165) is 0 Å². The van der Waals surface area contributed by atoms with E-state index in [1.54, 1.807) is 26.8 Å². The Morgan fingerprint density at radius 3 is 2.62 bits per heavy atom. The fourth-order valence-electron chi connectivity index (χ4n) is 0.883. The monoisotopic (exact) mass is 261 g/mol. The summed E-state index contributed by atoms with van der Waals surface area (Å²) in [6.45, 7) is 5.40. The highest BCUT2D eigenvalue weighted by atomic mass is 35.5. The standard InChI is InChI=1S/C11H13ClFNOS/c1-11(2,3)16(15)14-7-8-5-4-6-9(12)10(8)13/h4-7H,1-3H3/t16-/m0/s1. The van der Waals surface area contributed by atoms with E-state index in [4.69, 9.17) is 11.6 Å². The molecule has 0 spiro atoms. The van der Waals surface area contributed by atoms with E-state index in [1.807, 2.05) is 0 Å². The van der Waals surface area contributed by atoms with Gasteiger partial charge in [0.2, 0.25) is 0 Å². The average Bonchev–Trinajstić information content (AvgIpc) is 2.18. The molecule has 0 amide bonds. The zero-order valence-electron chi connectivity index (χ0n) is 9.33. The molecule has 1 aromatic carbocycles. The lowest BCUT2D eigenvalue weighted by atomic mass is 10.2. The third-order valence-corrected chi connectivity index (χ3v) is 3.43. The summed E-state index contributed by atoms with van der Waals surface area (Å²) in [5, 5.41) is 0.0329. The van der Waals surface area contributed by atoms with Crippen LogP contribution in [-0.4, -0.2) is 15.5 Å². The van der Waals surface area contributed by atoms with E-state index in [-0.39, 0.29) is 10.6 Å². The van der Waals surface area contributed by atoms with Crippen LogP contribution in [0.5, 0.6) is 0 Å². The van der Waals surface area contributed by atoms with Gasteiger partial charge >= 0.3 is 0 Å². The van der Waals surface area contributed by atoms with Crippen LogP contribution in [0.3, 0.4) is 0 Å². The van der Waals surface area contributed by atoms with Crippen LogP contribution < -0.4 is 0 Å². The van der Waals surface area contributed by atoms with Crippen molar-refractivity contribution in [3.63, 3.8) is 0 Å². The summed E-state index contributed by atoms with van der Waals surface area (Å²) in [5.74, 6) is -0.543. The molecule has 0 aliphatic rings. The molecule has 16 heavy (non-hydrogen) atoms. The van der Waals surface area contributed by atoms with Crippen molar-refractivity contribution in [3.05, 3.63) is 34.6 Å². The van der Waals surface area contributed by atoms with Crippen LogP contribution in [0.4, 0.5) is 4.39 Å². The van der Waals surface area contributed by atoms with Crippen LogP contribution in [0.2, 0.25) is 5.02 Å². The second kappa shape index (κ2) is 5.17. The number of nitrogens with zero attached hydrogens (tertiary/aromatic N) is 1. The lowest BCUT2D eigenvalue weighted by Gasteiger charge is -2.17. The van der Waals surface area contributed by atoms with Gasteiger partial charge in [0.05, 0.1) is 11.2 Å². The maximum Gasteiger partial charge on any atom is 0.150 e. The Balaban J connectivity index is 2.89. The van der Waals surface area contributed by atoms with Crippen LogP contribution in [0.25, 0.3) is 0 Å². The molecule has 0 aliphatic heterocycles. The van der Waals surface area contributed by atoms with Crippen molar-refractivity contribution in [2.24, 2.45) is 4.40 Å². The second-order valence-corrected chi connectivity index (χ2v) is 6.58. The Labute approximate surface area is 103 Å². The van der Waals surface area contributed by atoms with Crippen molar-refractivity contribution in [2.45, 2.75) is 25.5 Å². The fourth-order valence-corrected chi connectivity index (χ4v) is 1.59. The maximum atomic E-state index is 13.4. The maximum absolute atomic E-state index is 13.4.